The molecule has 63 heavy (non-hydrogen) atoms. The molecule has 0 heterocycles. The maximum atomic E-state index is 12.5. The van der Waals surface area contributed by atoms with E-state index in [0.717, 1.165) is 51.4 Å². The Hall–Kier alpha value is -1.14. The molecule has 0 aliphatic rings. The fraction of sp³-hybridized carbons (Fsp3) is 0.965. The molecule has 0 bridgehead atoms. The van der Waals surface area contributed by atoms with Gasteiger partial charge in [-0.2, -0.15) is 0 Å². The number of unbranched alkanes of at least 4 members (excludes halogenated alkanes) is 43. The second-order valence-electron chi connectivity index (χ2n) is 20.0. The maximum Gasteiger partial charge on any atom is 0.305 e. The summed E-state index contributed by atoms with van der Waals surface area (Å²) in [7, 11) is 0. The van der Waals surface area contributed by atoms with E-state index in [0.29, 0.717) is 25.9 Å². The number of hydrogen-bond acceptors (Lipinski definition) is 5. The molecule has 0 spiro atoms. The van der Waals surface area contributed by atoms with E-state index in [2.05, 4.69) is 19.2 Å². The van der Waals surface area contributed by atoms with Gasteiger partial charge >= 0.3 is 5.97 Å². The van der Waals surface area contributed by atoms with Gasteiger partial charge in [0.05, 0.1) is 25.4 Å². The van der Waals surface area contributed by atoms with Gasteiger partial charge in [-0.3, -0.25) is 9.59 Å². The van der Waals surface area contributed by atoms with Crippen molar-refractivity contribution in [2.75, 3.05) is 13.2 Å². The van der Waals surface area contributed by atoms with Crippen LogP contribution in [0.3, 0.4) is 0 Å². The minimum atomic E-state index is -0.671. The van der Waals surface area contributed by atoms with Crippen LogP contribution >= 0.6 is 0 Å². The molecular formula is C57H113NO5. The predicted molar refractivity (Wildman–Crippen MR) is 274 cm³/mol. The highest BCUT2D eigenvalue weighted by atomic mass is 16.5. The molecule has 0 fully saturated rings. The summed E-state index contributed by atoms with van der Waals surface area (Å²) < 4.78 is 5.49. The molecule has 0 radical (unpaired) electrons. The quantitative estimate of drug-likeness (QED) is 0.0418. The second-order valence-corrected chi connectivity index (χ2v) is 20.0. The predicted octanol–water partition coefficient (Wildman–Crippen LogP) is 17.5. The summed E-state index contributed by atoms with van der Waals surface area (Å²) in [6.07, 6.45) is 60.8. The van der Waals surface area contributed by atoms with Gasteiger partial charge in [-0.1, -0.05) is 290 Å². The van der Waals surface area contributed by atoms with E-state index in [1.807, 2.05) is 0 Å². The van der Waals surface area contributed by atoms with Crippen molar-refractivity contribution in [3.63, 3.8) is 0 Å². The van der Waals surface area contributed by atoms with E-state index in [1.165, 1.54) is 244 Å². The summed E-state index contributed by atoms with van der Waals surface area (Å²) in [5.41, 5.74) is 0. The van der Waals surface area contributed by atoms with Crippen molar-refractivity contribution in [1.29, 1.82) is 0 Å². The Morgan fingerprint density at radius 1 is 0.381 bits per heavy atom. The van der Waals surface area contributed by atoms with Gasteiger partial charge in [-0.25, -0.2) is 0 Å². The third-order valence-corrected chi connectivity index (χ3v) is 13.7. The standard InChI is InChI=1S/C57H113NO5/c1-3-5-7-9-11-13-15-17-19-20-21-23-27-31-35-39-43-47-51-57(62)63-52-48-44-40-36-32-28-24-26-30-34-38-42-46-50-56(61)58-54(53-59)55(60)49-45-41-37-33-29-25-22-18-16-14-12-10-8-6-4-2/h54-55,59-60H,3-53H2,1-2H3,(H,58,61). The Morgan fingerprint density at radius 3 is 0.968 bits per heavy atom. The summed E-state index contributed by atoms with van der Waals surface area (Å²) >= 11 is 0. The second kappa shape index (κ2) is 53.5. The average Bonchev–Trinajstić information content (AvgIpc) is 3.28. The molecule has 2 atom stereocenters. The molecule has 376 valence electrons. The molecule has 0 aromatic carbocycles. The third kappa shape index (κ3) is 50.1. The summed E-state index contributed by atoms with van der Waals surface area (Å²) in [6, 6.07) is -0.549. The minimum absolute atomic E-state index is 0.0000401. The molecule has 0 saturated carbocycles. The van der Waals surface area contributed by atoms with E-state index in [9.17, 15) is 19.8 Å². The third-order valence-electron chi connectivity index (χ3n) is 13.7. The number of rotatable bonds is 54. The van der Waals surface area contributed by atoms with Crippen LogP contribution < -0.4 is 5.32 Å². The summed E-state index contributed by atoms with van der Waals surface area (Å²) in [4.78, 5) is 24.6. The van der Waals surface area contributed by atoms with E-state index in [4.69, 9.17) is 4.74 Å². The molecule has 0 aromatic rings. The van der Waals surface area contributed by atoms with E-state index in [1.54, 1.807) is 0 Å². The summed E-state index contributed by atoms with van der Waals surface area (Å²) in [5.74, 6) is -0.0448. The maximum absolute atomic E-state index is 12.5. The molecule has 0 aromatic heterocycles. The highest BCUT2D eigenvalue weighted by molar-refractivity contribution is 5.76. The van der Waals surface area contributed by atoms with E-state index >= 15 is 0 Å². The molecule has 3 N–H and O–H groups in total. The molecule has 1 amide bonds. The van der Waals surface area contributed by atoms with Gasteiger partial charge in [-0.15, -0.1) is 0 Å². The molecule has 0 saturated heterocycles. The number of aliphatic hydroxyl groups is 2. The number of ether oxygens (including phenoxy) is 1. The van der Waals surface area contributed by atoms with Crippen LogP contribution in [0.25, 0.3) is 0 Å². The zero-order chi connectivity index (χ0) is 45.8. The summed E-state index contributed by atoms with van der Waals surface area (Å²) in [6.45, 7) is 4.95. The number of nitrogens with one attached hydrogen (secondary N) is 1. The van der Waals surface area contributed by atoms with E-state index < -0.39 is 12.1 Å². The van der Waals surface area contributed by atoms with Gasteiger partial charge in [0, 0.05) is 12.8 Å². The van der Waals surface area contributed by atoms with Crippen LogP contribution in [-0.2, 0) is 14.3 Å². The highest BCUT2D eigenvalue weighted by Gasteiger charge is 2.20. The SMILES string of the molecule is CCCCCCCCCCCCCCCCCCCCC(=O)OCCCCCCCCCCCCCCCC(=O)NC(CO)C(O)CCCCCCCCCCCCCCCCC. The number of carbonyl (C=O) groups is 2. The van der Waals surface area contributed by atoms with Gasteiger partial charge in [0.2, 0.25) is 5.91 Å². The smallest absolute Gasteiger partial charge is 0.305 e. The Kier molecular flexibility index (Phi) is 52.5. The lowest BCUT2D eigenvalue weighted by molar-refractivity contribution is -0.143. The van der Waals surface area contributed by atoms with Crippen molar-refractivity contribution in [3.8, 4) is 0 Å². The Labute approximate surface area is 394 Å². The van der Waals surface area contributed by atoms with Crippen molar-refractivity contribution in [2.24, 2.45) is 0 Å². The summed E-state index contributed by atoms with van der Waals surface area (Å²) in [5, 5.41) is 23.3. The first-order valence-corrected chi connectivity index (χ1v) is 28.8. The van der Waals surface area contributed by atoms with Crippen molar-refractivity contribution in [2.45, 2.75) is 341 Å². The minimum Gasteiger partial charge on any atom is -0.466 e. The van der Waals surface area contributed by atoms with E-state index in [-0.39, 0.29) is 18.5 Å². The van der Waals surface area contributed by atoms with Gasteiger partial charge in [0.25, 0.3) is 0 Å². The first-order chi connectivity index (χ1) is 31.0. The van der Waals surface area contributed by atoms with Gasteiger partial charge in [-0.05, 0) is 25.7 Å². The van der Waals surface area contributed by atoms with Gasteiger partial charge in [0.1, 0.15) is 0 Å². The molecule has 0 aliphatic carbocycles. The Morgan fingerprint density at radius 2 is 0.651 bits per heavy atom. The highest BCUT2D eigenvalue weighted by Crippen LogP contribution is 2.18. The molecule has 0 aliphatic heterocycles. The lowest BCUT2D eigenvalue weighted by Gasteiger charge is -2.22. The zero-order valence-corrected chi connectivity index (χ0v) is 42.8. The van der Waals surface area contributed by atoms with Crippen LogP contribution in [0.2, 0.25) is 0 Å². The van der Waals surface area contributed by atoms with Crippen molar-refractivity contribution < 1.29 is 24.5 Å². The first kappa shape index (κ1) is 61.9. The number of hydrogen-bond donors (Lipinski definition) is 3. The number of amides is 1. The number of esters is 1. The van der Waals surface area contributed by atoms with Crippen LogP contribution in [-0.4, -0.2) is 47.4 Å². The number of aliphatic hydroxyl groups excluding tert-OH is 2. The van der Waals surface area contributed by atoms with Crippen LogP contribution in [0.5, 0.6) is 0 Å². The zero-order valence-electron chi connectivity index (χ0n) is 42.8. The molecular weight excluding hydrogens is 779 g/mol. The fourth-order valence-corrected chi connectivity index (χ4v) is 9.23. The van der Waals surface area contributed by atoms with Crippen LogP contribution in [0.15, 0.2) is 0 Å². The molecule has 2 unspecified atom stereocenters. The molecule has 6 heteroatoms. The van der Waals surface area contributed by atoms with Crippen molar-refractivity contribution in [3.05, 3.63) is 0 Å². The monoisotopic (exact) mass is 892 g/mol. The van der Waals surface area contributed by atoms with Crippen molar-refractivity contribution in [1.82, 2.24) is 5.32 Å². The van der Waals surface area contributed by atoms with Crippen LogP contribution in [0.1, 0.15) is 328 Å². The molecule has 0 rings (SSSR count). The average molecular weight is 893 g/mol. The first-order valence-electron chi connectivity index (χ1n) is 28.8. The molecule has 6 nitrogen and oxygen atoms in total. The van der Waals surface area contributed by atoms with Crippen LogP contribution in [0.4, 0.5) is 0 Å². The largest absolute Gasteiger partial charge is 0.466 e. The topological polar surface area (TPSA) is 95.9 Å². The van der Waals surface area contributed by atoms with Crippen LogP contribution in [0, 0.1) is 0 Å². The van der Waals surface area contributed by atoms with Crippen molar-refractivity contribution >= 4 is 11.9 Å². The lowest BCUT2D eigenvalue weighted by atomic mass is 10.0. The number of carbonyl (C=O) groups excluding carboxylic acids is 2. The Balaban J connectivity index is 3.41. The van der Waals surface area contributed by atoms with Gasteiger partial charge < -0.3 is 20.3 Å². The van der Waals surface area contributed by atoms with Gasteiger partial charge in [0.15, 0.2) is 0 Å². The fourth-order valence-electron chi connectivity index (χ4n) is 9.23. The normalized spacial score (nSPS) is 12.5. The lowest BCUT2D eigenvalue weighted by Crippen LogP contribution is -2.45. The Bertz CT molecular complexity index is 898.